The van der Waals surface area contributed by atoms with Gasteiger partial charge in [0.25, 0.3) is 8.32 Å². The Morgan fingerprint density at radius 3 is 1.67 bits per heavy atom. The van der Waals surface area contributed by atoms with Gasteiger partial charge in [0.1, 0.15) is 24.1 Å². The van der Waals surface area contributed by atoms with E-state index in [4.69, 9.17) is 37.6 Å². The van der Waals surface area contributed by atoms with E-state index in [0.29, 0.717) is 19.4 Å². The van der Waals surface area contributed by atoms with Crippen LogP contribution in [0.5, 0.6) is 5.75 Å². The Morgan fingerprint density at radius 2 is 1.26 bits per heavy atom. The van der Waals surface area contributed by atoms with Crippen LogP contribution in [0.15, 0.2) is 110 Å². The van der Waals surface area contributed by atoms with Gasteiger partial charge in [0.15, 0.2) is 17.7 Å². The number of aliphatic hydroxyl groups excluding tert-OH is 1. The number of methoxy groups -OCH3 is 1. The third-order valence-electron chi connectivity index (χ3n) is 9.98. The molecule has 6 atom stereocenters. The lowest BCUT2D eigenvalue weighted by Crippen LogP contribution is -2.67. The van der Waals surface area contributed by atoms with Gasteiger partial charge in [-0.25, -0.2) is 0 Å². The molecule has 10 nitrogen and oxygen atoms in total. The van der Waals surface area contributed by atoms with Crippen molar-refractivity contribution in [3.63, 3.8) is 0 Å². The van der Waals surface area contributed by atoms with Gasteiger partial charge in [0.05, 0.1) is 39.1 Å². The number of carbonyl (C=O) groups excluding carboxylic acids is 1. The fraction of sp³-hybridized carbons (Fsp3) is 0.500. The van der Waals surface area contributed by atoms with Gasteiger partial charge in [0.2, 0.25) is 0 Å². The average molecular weight is 805 g/mol. The number of hydrogen-bond donors (Lipinski definition) is 1. The van der Waals surface area contributed by atoms with Crippen LogP contribution in [-0.4, -0.2) is 87.9 Å². The number of ether oxygens (including phenoxy) is 7. The predicted molar refractivity (Wildman–Crippen MR) is 225 cm³/mol. The molecule has 0 saturated carbocycles. The van der Waals surface area contributed by atoms with E-state index in [9.17, 15) is 9.90 Å². The van der Waals surface area contributed by atoms with Crippen molar-refractivity contribution in [1.29, 1.82) is 0 Å². The van der Waals surface area contributed by atoms with Crippen molar-refractivity contribution in [3.05, 3.63) is 116 Å². The Balaban J connectivity index is 0.000000273. The molecule has 2 fully saturated rings. The highest BCUT2D eigenvalue weighted by Gasteiger charge is 2.52. The first kappa shape index (κ1) is 46.0. The van der Waals surface area contributed by atoms with Crippen molar-refractivity contribution in [2.45, 2.75) is 128 Å². The molecule has 2 unspecified atom stereocenters. The number of rotatable bonds is 17. The number of aliphatic hydroxyl groups is 1. The van der Waals surface area contributed by atoms with Gasteiger partial charge in [-0.05, 0) is 73.6 Å². The zero-order valence-corrected chi connectivity index (χ0v) is 36.3. The molecule has 57 heavy (non-hydrogen) atoms. The molecule has 1 N–H and O–H groups in total. The van der Waals surface area contributed by atoms with Gasteiger partial charge in [-0.1, -0.05) is 106 Å². The zero-order valence-electron chi connectivity index (χ0n) is 35.3. The van der Waals surface area contributed by atoms with Gasteiger partial charge in [-0.15, -0.1) is 13.2 Å². The van der Waals surface area contributed by atoms with Crippen molar-refractivity contribution in [3.8, 4) is 5.75 Å². The van der Waals surface area contributed by atoms with Crippen LogP contribution in [0.2, 0.25) is 5.04 Å². The van der Waals surface area contributed by atoms with Crippen molar-refractivity contribution < 1.29 is 47.5 Å². The van der Waals surface area contributed by atoms with Crippen LogP contribution < -0.4 is 15.1 Å². The maximum absolute atomic E-state index is 12.1. The number of carbonyl (C=O) groups is 1. The minimum absolute atomic E-state index is 0.131. The Bertz CT molecular complexity index is 1650. The highest BCUT2D eigenvalue weighted by molar-refractivity contribution is 6.99. The molecule has 5 rings (SSSR count). The molecular formula is C46H64O10Si. The van der Waals surface area contributed by atoms with Crippen molar-refractivity contribution in [1.82, 2.24) is 0 Å². The van der Waals surface area contributed by atoms with Gasteiger partial charge in [-0.2, -0.15) is 0 Å². The summed E-state index contributed by atoms with van der Waals surface area (Å²) in [5.74, 6) is -1.04. The maximum Gasteiger partial charge on any atom is 0.303 e. The fourth-order valence-corrected chi connectivity index (χ4v) is 12.2. The summed E-state index contributed by atoms with van der Waals surface area (Å²) >= 11 is 0. The number of esters is 1. The second kappa shape index (κ2) is 20.4. The van der Waals surface area contributed by atoms with Gasteiger partial charge in [-0.3, -0.25) is 4.79 Å². The van der Waals surface area contributed by atoms with E-state index in [2.05, 4.69) is 82.5 Å². The topological polar surface area (TPSA) is 111 Å². The highest BCUT2D eigenvalue weighted by atomic mass is 28.4. The summed E-state index contributed by atoms with van der Waals surface area (Å²) in [6.45, 7) is 23.6. The molecule has 0 bridgehead atoms. The van der Waals surface area contributed by atoms with E-state index in [1.807, 2.05) is 64.1 Å². The third kappa shape index (κ3) is 12.2. The summed E-state index contributed by atoms with van der Waals surface area (Å²) in [5.41, 5.74) is 1.00. The molecular weight excluding hydrogens is 741 g/mol. The predicted octanol–water partition coefficient (Wildman–Crippen LogP) is 7.26. The minimum Gasteiger partial charge on any atom is -0.497 e. The molecule has 2 aliphatic rings. The van der Waals surface area contributed by atoms with Crippen LogP contribution in [0.1, 0.15) is 73.8 Å². The van der Waals surface area contributed by atoms with Crippen LogP contribution in [0.3, 0.4) is 0 Å². The van der Waals surface area contributed by atoms with E-state index < -0.39 is 38.2 Å². The van der Waals surface area contributed by atoms with Crippen LogP contribution in [-0.2, 0) is 44.2 Å². The van der Waals surface area contributed by atoms with Gasteiger partial charge >= 0.3 is 5.97 Å². The SMILES string of the molecule is C=CC[C@@H]1OC(C)(C)OC1[C@@H](CO)OCc1ccc(OC)cc1.C=CC[C@@H]1OC(C)(C)OC1[C@@H](CO[Si](c1ccccc1)(c1ccccc1)C(C)(C)C)OC(C)=O. The second-order valence-corrected chi connectivity index (χ2v) is 20.6. The molecule has 0 aliphatic carbocycles. The van der Waals surface area contributed by atoms with Crippen molar-refractivity contribution in [2.24, 2.45) is 0 Å². The standard InChI is InChI=1S/C28H38O5Si.C18H26O5/c1-8-15-24-26(33-28(6,7)32-24)25(31-21(2)29)20-30-34(27(3,4)5,22-16-11-9-12-17-22)23-18-13-10-14-19-23;1-5-6-15-17(23-18(2,3)22-15)16(11-19)21-12-13-7-9-14(20-4)10-8-13/h8-14,16-19,24-26H,1,15,20H2,2-7H3;5,7-10,15-17,19H,1,6,11-12H2,2-4H3/t24-,25+,26?;15-,16+,17?/m00/s1. The maximum atomic E-state index is 12.1. The van der Waals surface area contributed by atoms with E-state index in [1.54, 1.807) is 19.3 Å². The molecule has 3 aromatic carbocycles. The Labute approximate surface area is 341 Å². The van der Waals surface area contributed by atoms with Gasteiger partial charge < -0.3 is 42.7 Å². The van der Waals surface area contributed by atoms with Crippen LogP contribution >= 0.6 is 0 Å². The monoisotopic (exact) mass is 804 g/mol. The largest absolute Gasteiger partial charge is 0.497 e. The summed E-state index contributed by atoms with van der Waals surface area (Å²) < 4.78 is 48.0. The fourth-order valence-electron chi connectivity index (χ4n) is 7.60. The number of hydrogen-bond acceptors (Lipinski definition) is 10. The number of benzene rings is 3. The quantitative estimate of drug-likeness (QED) is 0.0851. The summed E-state index contributed by atoms with van der Waals surface area (Å²) in [7, 11) is -1.17. The summed E-state index contributed by atoms with van der Waals surface area (Å²) in [5, 5.41) is 11.8. The third-order valence-corrected chi connectivity index (χ3v) is 15.0. The molecule has 0 radical (unpaired) electrons. The Kier molecular flexibility index (Phi) is 16.4. The normalized spacial score (nSPS) is 22.4. The summed E-state index contributed by atoms with van der Waals surface area (Å²) in [4.78, 5) is 12.1. The van der Waals surface area contributed by atoms with Crippen LogP contribution in [0.25, 0.3) is 0 Å². The molecule has 2 aliphatic heterocycles. The molecule has 0 aromatic heterocycles. The first-order valence-corrected chi connectivity index (χ1v) is 21.6. The zero-order chi connectivity index (χ0) is 41.9. The van der Waals surface area contributed by atoms with E-state index in [1.165, 1.54) is 17.3 Å². The molecule has 3 aromatic rings. The van der Waals surface area contributed by atoms with E-state index >= 15 is 0 Å². The van der Waals surface area contributed by atoms with Crippen LogP contribution in [0, 0.1) is 0 Å². The average Bonchev–Trinajstić information content (AvgIpc) is 3.65. The van der Waals surface area contributed by atoms with Crippen molar-refractivity contribution in [2.75, 3.05) is 20.3 Å². The summed E-state index contributed by atoms with van der Waals surface area (Å²) in [6, 6.07) is 28.4. The molecule has 2 heterocycles. The lowest BCUT2D eigenvalue weighted by atomic mass is 10.1. The Morgan fingerprint density at radius 1 is 0.789 bits per heavy atom. The van der Waals surface area contributed by atoms with E-state index in [0.717, 1.165) is 11.3 Å². The lowest BCUT2D eigenvalue weighted by Gasteiger charge is -2.44. The Hall–Kier alpha value is -3.65. The summed E-state index contributed by atoms with van der Waals surface area (Å²) in [6.07, 6.45) is 2.52. The highest BCUT2D eigenvalue weighted by Crippen LogP contribution is 2.39. The van der Waals surface area contributed by atoms with Crippen LogP contribution in [0.4, 0.5) is 0 Å². The second-order valence-electron chi connectivity index (χ2n) is 16.3. The molecule has 0 spiro atoms. The molecule has 11 heteroatoms. The van der Waals surface area contributed by atoms with Gasteiger partial charge in [0, 0.05) is 6.92 Å². The molecule has 2 saturated heterocycles. The molecule has 312 valence electrons. The lowest BCUT2D eigenvalue weighted by molar-refractivity contribution is -0.172. The van der Waals surface area contributed by atoms with Crippen molar-refractivity contribution >= 4 is 24.7 Å². The van der Waals surface area contributed by atoms with E-state index in [-0.39, 0.29) is 42.5 Å². The first-order chi connectivity index (χ1) is 27.0. The molecule has 0 amide bonds. The smallest absolute Gasteiger partial charge is 0.303 e. The minimum atomic E-state index is -2.80. The first-order valence-electron chi connectivity index (χ1n) is 19.7.